The third kappa shape index (κ3) is 4.29. The standard InChI is InChI=1S/C18H30N2O/c1-4-17(19)18(15-9-6-8-14(3)12-15)20(5-2)13-16-10-7-11-21-16/h6,8-9,12,16-18H,4-5,7,10-11,13,19H2,1-3H3. The number of benzene rings is 1. The molecule has 0 aromatic heterocycles. The number of nitrogens with two attached hydrogens (primary N) is 1. The summed E-state index contributed by atoms with van der Waals surface area (Å²) < 4.78 is 5.83. The normalized spacial score (nSPS) is 21.7. The van der Waals surface area contributed by atoms with Gasteiger partial charge in [0.05, 0.1) is 6.10 Å². The van der Waals surface area contributed by atoms with E-state index < -0.39 is 0 Å². The molecule has 1 aliphatic rings. The monoisotopic (exact) mass is 290 g/mol. The molecule has 0 amide bonds. The van der Waals surface area contributed by atoms with Crippen molar-refractivity contribution in [3.63, 3.8) is 0 Å². The smallest absolute Gasteiger partial charge is 0.0703 e. The Bertz CT molecular complexity index is 429. The summed E-state index contributed by atoms with van der Waals surface area (Å²) in [7, 11) is 0. The van der Waals surface area contributed by atoms with Gasteiger partial charge in [-0.25, -0.2) is 0 Å². The molecular formula is C18H30N2O. The fourth-order valence-corrected chi connectivity index (χ4v) is 3.30. The summed E-state index contributed by atoms with van der Waals surface area (Å²) >= 11 is 0. The first-order valence-electron chi connectivity index (χ1n) is 8.33. The average Bonchev–Trinajstić information content (AvgIpc) is 2.99. The predicted octanol–water partition coefficient (Wildman–Crippen LogP) is 3.27. The van der Waals surface area contributed by atoms with Gasteiger partial charge in [-0.1, -0.05) is 43.7 Å². The van der Waals surface area contributed by atoms with Gasteiger partial charge in [-0.3, -0.25) is 4.90 Å². The number of rotatable bonds is 7. The number of aryl methyl sites for hydroxylation is 1. The molecule has 21 heavy (non-hydrogen) atoms. The highest BCUT2D eigenvalue weighted by molar-refractivity contribution is 5.26. The van der Waals surface area contributed by atoms with Crippen LogP contribution in [0.5, 0.6) is 0 Å². The van der Waals surface area contributed by atoms with Crippen molar-refractivity contribution >= 4 is 0 Å². The third-order valence-electron chi connectivity index (χ3n) is 4.52. The molecule has 2 N–H and O–H groups in total. The van der Waals surface area contributed by atoms with Crippen molar-refractivity contribution in [3.05, 3.63) is 35.4 Å². The van der Waals surface area contributed by atoms with Gasteiger partial charge < -0.3 is 10.5 Å². The van der Waals surface area contributed by atoms with Crippen molar-refractivity contribution in [2.45, 2.75) is 58.2 Å². The molecule has 0 aliphatic carbocycles. The van der Waals surface area contributed by atoms with Crippen LogP contribution in [0, 0.1) is 6.92 Å². The number of ether oxygens (including phenoxy) is 1. The molecule has 3 unspecified atom stereocenters. The van der Waals surface area contributed by atoms with Gasteiger partial charge in [0.25, 0.3) is 0 Å². The van der Waals surface area contributed by atoms with Crippen LogP contribution in [0.25, 0.3) is 0 Å². The molecule has 1 fully saturated rings. The summed E-state index contributed by atoms with van der Waals surface area (Å²) in [5.41, 5.74) is 9.10. The van der Waals surface area contributed by atoms with E-state index in [1.54, 1.807) is 0 Å². The van der Waals surface area contributed by atoms with Crippen LogP contribution in [-0.2, 0) is 4.74 Å². The first-order valence-corrected chi connectivity index (χ1v) is 8.33. The maximum Gasteiger partial charge on any atom is 0.0703 e. The molecule has 1 heterocycles. The number of nitrogens with zero attached hydrogens (tertiary/aromatic N) is 1. The Morgan fingerprint density at radius 3 is 2.76 bits per heavy atom. The molecule has 0 bridgehead atoms. The van der Waals surface area contributed by atoms with Gasteiger partial charge in [-0.15, -0.1) is 0 Å². The molecule has 1 saturated heterocycles. The Labute approximate surface area is 129 Å². The van der Waals surface area contributed by atoms with Crippen LogP contribution in [0.3, 0.4) is 0 Å². The summed E-state index contributed by atoms with van der Waals surface area (Å²) in [4.78, 5) is 2.50. The SMILES string of the molecule is CCC(N)C(c1cccc(C)c1)N(CC)CC1CCCO1. The van der Waals surface area contributed by atoms with Crippen LogP contribution >= 0.6 is 0 Å². The summed E-state index contributed by atoms with van der Waals surface area (Å²) in [6.45, 7) is 9.45. The minimum absolute atomic E-state index is 0.160. The summed E-state index contributed by atoms with van der Waals surface area (Å²) in [5, 5.41) is 0. The van der Waals surface area contributed by atoms with Crippen LogP contribution in [0.4, 0.5) is 0 Å². The maximum absolute atomic E-state index is 6.47. The molecule has 118 valence electrons. The van der Waals surface area contributed by atoms with Crippen LogP contribution in [-0.4, -0.2) is 36.7 Å². The average molecular weight is 290 g/mol. The summed E-state index contributed by atoms with van der Waals surface area (Å²) in [6.07, 6.45) is 3.73. The fourth-order valence-electron chi connectivity index (χ4n) is 3.30. The fraction of sp³-hybridized carbons (Fsp3) is 0.667. The van der Waals surface area contributed by atoms with Gasteiger partial charge in [0.15, 0.2) is 0 Å². The van der Waals surface area contributed by atoms with E-state index in [1.807, 2.05) is 0 Å². The first kappa shape index (κ1) is 16.5. The van der Waals surface area contributed by atoms with Crippen LogP contribution in [0.1, 0.15) is 50.3 Å². The van der Waals surface area contributed by atoms with Crippen molar-refractivity contribution in [1.82, 2.24) is 4.90 Å². The molecule has 2 rings (SSSR count). The maximum atomic E-state index is 6.47. The second kappa shape index (κ2) is 7.92. The van der Waals surface area contributed by atoms with Gasteiger partial charge in [-0.2, -0.15) is 0 Å². The van der Waals surface area contributed by atoms with E-state index in [2.05, 4.69) is 49.9 Å². The Balaban J connectivity index is 2.20. The lowest BCUT2D eigenvalue weighted by molar-refractivity contribution is 0.0531. The van der Waals surface area contributed by atoms with E-state index in [9.17, 15) is 0 Å². The molecule has 0 radical (unpaired) electrons. The minimum atomic E-state index is 0.160. The summed E-state index contributed by atoms with van der Waals surface area (Å²) in [6, 6.07) is 9.22. The number of likely N-dealkylation sites (N-methyl/N-ethyl adjacent to an activating group) is 1. The molecular weight excluding hydrogens is 260 g/mol. The Kier molecular flexibility index (Phi) is 6.22. The van der Waals surface area contributed by atoms with Gasteiger partial charge in [0.1, 0.15) is 0 Å². The zero-order valence-electron chi connectivity index (χ0n) is 13.7. The Morgan fingerprint density at radius 2 is 2.19 bits per heavy atom. The van der Waals surface area contributed by atoms with Crippen molar-refractivity contribution in [3.8, 4) is 0 Å². The second-order valence-corrected chi connectivity index (χ2v) is 6.15. The topological polar surface area (TPSA) is 38.5 Å². The zero-order valence-corrected chi connectivity index (χ0v) is 13.7. The molecule has 0 saturated carbocycles. The number of hydrogen-bond donors (Lipinski definition) is 1. The predicted molar refractivity (Wildman–Crippen MR) is 88.4 cm³/mol. The van der Waals surface area contributed by atoms with E-state index >= 15 is 0 Å². The molecule has 3 atom stereocenters. The van der Waals surface area contributed by atoms with Gasteiger partial charge in [0.2, 0.25) is 0 Å². The largest absolute Gasteiger partial charge is 0.377 e. The Morgan fingerprint density at radius 1 is 1.38 bits per heavy atom. The van der Waals surface area contributed by atoms with Crippen molar-refractivity contribution in [2.75, 3.05) is 19.7 Å². The molecule has 0 spiro atoms. The lowest BCUT2D eigenvalue weighted by Crippen LogP contribution is -2.44. The lowest BCUT2D eigenvalue weighted by atomic mass is 9.94. The number of hydrogen-bond acceptors (Lipinski definition) is 3. The van der Waals surface area contributed by atoms with Crippen LogP contribution in [0.2, 0.25) is 0 Å². The van der Waals surface area contributed by atoms with Crippen LogP contribution in [0.15, 0.2) is 24.3 Å². The summed E-state index contributed by atoms with van der Waals surface area (Å²) in [5.74, 6) is 0. The van der Waals surface area contributed by atoms with Crippen molar-refractivity contribution < 1.29 is 4.74 Å². The highest BCUT2D eigenvalue weighted by Gasteiger charge is 2.28. The van der Waals surface area contributed by atoms with E-state index in [4.69, 9.17) is 10.5 Å². The van der Waals surface area contributed by atoms with Gasteiger partial charge >= 0.3 is 0 Å². The van der Waals surface area contributed by atoms with E-state index in [1.165, 1.54) is 24.0 Å². The van der Waals surface area contributed by atoms with Crippen molar-refractivity contribution in [1.29, 1.82) is 0 Å². The van der Waals surface area contributed by atoms with Crippen molar-refractivity contribution in [2.24, 2.45) is 5.73 Å². The zero-order chi connectivity index (χ0) is 15.2. The van der Waals surface area contributed by atoms with Crippen LogP contribution < -0.4 is 5.73 Å². The van der Waals surface area contributed by atoms with E-state index in [0.29, 0.717) is 6.10 Å². The van der Waals surface area contributed by atoms with E-state index in [0.717, 1.165) is 26.1 Å². The quantitative estimate of drug-likeness (QED) is 0.837. The van der Waals surface area contributed by atoms with Gasteiger partial charge in [-0.05, 0) is 38.3 Å². The van der Waals surface area contributed by atoms with E-state index in [-0.39, 0.29) is 12.1 Å². The molecule has 1 aromatic rings. The highest BCUT2D eigenvalue weighted by atomic mass is 16.5. The second-order valence-electron chi connectivity index (χ2n) is 6.15. The van der Waals surface area contributed by atoms with Gasteiger partial charge in [0, 0.05) is 25.2 Å². The lowest BCUT2D eigenvalue weighted by Gasteiger charge is -2.36. The minimum Gasteiger partial charge on any atom is -0.377 e. The molecule has 1 aliphatic heterocycles. The third-order valence-corrected chi connectivity index (χ3v) is 4.52. The molecule has 3 heteroatoms. The first-order chi connectivity index (χ1) is 10.2. The molecule has 3 nitrogen and oxygen atoms in total. The highest BCUT2D eigenvalue weighted by Crippen LogP contribution is 2.27. The molecule has 1 aromatic carbocycles. The Hall–Kier alpha value is -0.900.